The average Bonchev–Trinajstić information content (AvgIpc) is 2.49. The molecule has 0 fully saturated rings. The molecular weight excluding hydrogens is 492 g/mol. The van der Waals surface area contributed by atoms with E-state index in [-0.39, 0.29) is 5.41 Å². The number of hydrogen-bond acceptors (Lipinski definition) is 1. The second-order valence-corrected chi connectivity index (χ2v) is 5.58. The summed E-state index contributed by atoms with van der Waals surface area (Å²) in [6, 6.07) is 4.29. The van der Waals surface area contributed by atoms with Gasteiger partial charge in [0.2, 0.25) is 0 Å². The van der Waals surface area contributed by atoms with E-state index in [1.165, 1.54) is 21.6 Å². The molecule has 1 aliphatic rings. The molecule has 0 N–H and O–H groups in total. The standard InChI is InChI=1S/C18H21N.Lr/c1-6-7-14-8-9-15-16(13(14)2)12-18(3,4)11-10-17(15)19-5;/h6-12H,5H2,1-4H3;/b7-6+;. The molecule has 0 aromatic heterocycles. The Morgan fingerprint density at radius 1 is 1.25 bits per heavy atom. The van der Waals surface area contributed by atoms with Gasteiger partial charge in [0, 0.05) is 10.6 Å². The first-order chi connectivity index (χ1) is 8.98. The van der Waals surface area contributed by atoms with Crippen LogP contribution in [0, 0.1) is 12.3 Å². The van der Waals surface area contributed by atoms with Crippen molar-refractivity contribution >= 4 is 24.6 Å². The first kappa shape index (κ1) is 15.2. The van der Waals surface area contributed by atoms with Gasteiger partial charge in [-0.3, -0.25) is 4.99 Å². The van der Waals surface area contributed by atoms with Crippen LogP contribution in [0.1, 0.15) is 31.9 Å². The van der Waals surface area contributed by atoms with Crippen molar-refractivity contribution in [1.82, 2.24) is 0 Å². The van der Waals surface area contributed by atoms with Gasteiger partial charge in [-0.2, -0.15) is 0 Å². The van der Waals surface area contributed by atoms with Crippen molar-refractivity contribution in [3.63, 3.8) is 0 Å². The van der Waals surface area contributed by atoms with Gasteiger partial charge in [-0.25, -0.2) is 0 Å². The molecule has 1 aliphatic carbocycles. The van der Waals surface area contributed by atoms with Crippen molar-refractivity contribution in [2.75, 3.05) is 0 Å². The summed E-state index contributed by atoms with van der Waals surface area (Å²) in [4.78, 5) is 4.17. The monoisotopic (exact) mass is 513 g/mol. The maximum atomic E-state index is 4.17. The third-order valence-corrected chi connectivity index (χ3v) is 3.54. The Balaban J connectivity index is 0.00000200. The molecule has 20 heavy (non-hydrogen) atoms. The fourth-order valence-electron chi connectivity index (χ4n) is 2.46. The van der Waals surface area contributed by atoms with Gasteiger partial charge < -0.3 is 0 Å². The van der Waals surface area contributed by atoms with Gasteiger partial charge in [-0.1, -0.05) is 50.3 Å². The van der Waals surface area contributed by atoms with Crippen LogP contribution in [0.2, 0.25) is 0 Å². The molecule has 113 valence electrons. The molecule has 0 saturated heterocycles. The zero-order valence-corrected chi connectivity index (χ0v) is 14.6. The van der Waals surface area contributed by atoms with Crippen LogP contribution in [-0.4, -0.2) is 6.72 Å². The molecule has 0 amide bonds. The van der Waals surface area contributed by atoms with Crippen molar-refractivity contribution in [3.8, 4) is 0 Å². The van der Waals surface area contributed by atoms with E-state index in [4.69, 9.17) is 0 Å². The number of hydrogen-bond donors (Lipinski definition) is 0. The van der Waals surface area contributed by atoms with Crippen LogP contribution in [0.4, 0.5) is 0 Å². The second kappa shape index (κ2) is 5.40. The molecule has 1 aromatic carbocycles. The third kappa shape index (κ3) is 2.59. The summed E-state index contributed by atoms with van der Waals surface area (Å²) in [5.74, 6) is 0. The molecule has 1 aromatic rings. The topological polar surface area (TPSA) is 12.4 Å². The van der Waals surface area contributed by atoms with Crippen LogP contribution < -0.4 is 10.4 Å². The summed E-state index contributed by atoms with van der Waals surface area (Å²) in [6.07, 6.45) is 10.8. The Kier molecular flexibility index (Phi) is 4.09. The zero-order chi connectivity index (χ0) is 14.0. The predicted octanol–water partition coefficient (Wildman–Crippen LogP) is 3.21. The van der Waals surface area contributed by atoms with Crippen LogP contribution >= 0.6 is 0 Å². The van der Waals surface area contributed by atoms with E-state index in [0.717, 1.165) is 5.70 Å². The SMILES string of the molecule is C=NC1=c2ccc(/C=C/C)c(C)c2=CC(C)(C)C=C1.[Lr]. The molecule has 1 radical (unpaired) electrons. The Hall–Kier alpha value is -2.89. The number of aliphatic imine (C=N–C) groups is 1. The van der Waals surface area contributed by atoms with Crippen molar-refractivity contribution in [2.24, 2.45) is 10.4 Å². The largest absolute Gasteiger partial charge is 0.264 e. The van der Waals surface area contributed by atoms with Crippen molar-refractivity contribution in [2.45, 2.75) is 27.7 Å². The van der Waals surface area contributed by atoms with E-state index in [0.29, 0.717) is 0 Å². The third-order valence-electron chi connectivity index (χ3n) is 3.54. The van der Waals surface area contributed by atoms with Gasteiger partial charge in [0.25, 0.3) is 0 Å². The molecule has 0 bridgehead atoms. The molecule has 0 atom stereocenters. The van der Waals surface area contributed by atoms with Crippen molar-refractivity contribution in [1.29, 1.82) is 0 Å². The van der Waals surface area contributed by atoms with Crippen LogP contribution in [0.15, 0.2) is 35.4 Å². The van der Waals surface area contributed by atoms with Crippen LogP contribution in [0.3, 0.4) is 0 Å². The van der Waals surface area contributed by atoms with E-state index in [2.05, 4.69) is 75.0 Å². The minimum Gasteiger partial charge on any atom is -0.264 e. The van der Waals surface area contributed by atoms with E-state index in [1.807, 2.05) is 6.92 Å². The summed E-state index contributed by atoms with van der Waals surface area (Å²) in [5.41, 5.74) is 3.54. The van der Waals surface area contributed by atoms with Crippen LogP contribution in [0.25, 0.3) is 17.8 Å². The van der Waals surface area contributed by atoms with Gasteiger partial charge >= 0.3 is 0 Å². The molecule has 0 spiro atoms. The fourth-order valence-corrected chi connectivity index (χ4v) is 2.46. The summed E-state index contributed by atoms with van der Waals surface area (Å²) in [5, 5.41) is 2.44. The smallest absolute Gasteiger partial charge is 0.0697 e. The summed E-state index contributed by atoms with van der Waals surface area (Å²) in [6.45, 7) is 12.3. The van der Waals surface area contributed by atoms with E-state index in [1.54, 1.807) is 0 Å². The molecular formula is C18H21LrN. The van der Waals surface area contributed by atoms with Gasteiger partial charge in [-0.05, 0) is 43.0 Å². The summed E-state index contributed by atoms with van der Waals surface area (Å²) < 4.78 is 0. The van der Waals surface area contributed by atoms with Crippen molar-refractivity contribution in [3.05, 3.63) is 51.9 Å². The van der Waals surface area contributed by atoms with Crippen LogP contribution in [-0.2, 0) is 0 Å². The Bertz CT molecular complexity index is 691. The Labute approximate surface area is 115 Å². The van der Waals surface area contributed by atoms with E-state index >= 15 is 0 Å². The number of rotatable bonds is 2. The molecule has 0 heterocycles. The summed E-state index contributed by atoms with van der Waals surface area (Å²) >= 11 is 0. The Morgan fingerprint density at radius 2 is 1.95 bits per heavy atom. The van der Waals surface area contributed by atoms with E-state index < -0.39 is 0 Å². The number of nitrogens with zero attached hydrogens (tertiary/aromatic N) is 1. The summed E-state index contributed by atoms with van der Waals surface area (Å²) in [7, 11) is 0. The molecule has 2 rings (SSSR count). The molecule has 1 nitrogen and oxygen atoms in total. The maximum absolute atomic E-state index is 4.17. The van der Waals surface area contributed by atoms with E-state index in [9.17, 15) is 0 Å². The fraction of sp³-hybridized carbons (Fsp3) is 0.278. The number of benzene rings is 1. The minimum absolute atomic E-state index is 0. The van der Waals surface area contributed by atoms with Crippen molar-refractivity contribution < 1.29 is 0 Å². The average molecular weight is 513 g/mol. The first-order valence-corrected chi connectivity index (χ1v) is 6.64. The maximum Gasteiger partial charge on any atom is 0.0697 e. The Morgan fingerprint density at radius 3 is 2.55 bits per heavy atom. The zero-order valence-electron chi connectivity index (χ0n) is 12.5. The van der Waals surface area contributed by atoms with Crippen LogP contribution in [0.5, 0.6) is 0 Å². The predicted molar refractivity (Wildman–Crippen MR) is 85.5 cm³/mol. The van der Waals surface area contributed by atoms with Gasteiger partial charge in [0.15, 0.2) is 0 Å². The second-order valence-electron chi connectivity index (χ2n) is 5.58. The molecule has 0 unspecified atom stereocenters. The molecule has 2 heteroatoms. The minimum atomic E-state index is 0. The van der Waals surface area contributed by atoms with Gasteiger partial charge in [0.1, 0.15) is 0 Å². The molecule has 0 saturated carbocycles. The first-order valence-electron chi connectivity index (χ1n) is 6.64. The number of fused-ring (bicyclic) bond motifs is 1. The number of allylic oxidation sites excluding steroid dienone is 2. The van der Waals surface area contributed by atoms with Gasteiger partial charge in [-0.15, -0.1) is 0 Å². The normalized spacial score (nSPS) is 16.1. The quantitative estimate of drug-likeness (QED) is 0.539. The van der Waals surface area contributed by atoms with Gasteiger partial charge in [0.05, 0.1) is 5.70 Å². The molecule has 0 aliphatic heterocycles.